The minimum atomic E-state index is 0.185. The lowest BCUT2D eigenvalue weighted by Crippen LogP contribution is -2.24. The van der Waals surface area contributed by atoms with Crippen LogP contribution in [-0.2, 0) is 19.1 Å². The van der Waals surface area contributed by atoms with Crippen molar-refractivity contribution in [3.8, 4) is 0 Å². The maximum Gasteiger partial charge on any atom is 0.219 e. The molecule has 5 heteroatoms. The Balaban J connectivity index is 3.42. The summed E-state index contributed by atoms with van der Waals surface area (Å²) in [5.74, 6) is 2.28. The molecule has 36 heavy (non-hydrogen) atoms. The summed E-state index contributed by atoms with van der Waals surface area (Å²) in [6, 6.07) is 0. The molecule has 0 aromatic rings. The summed E-state index contributed by atoms with van der Waals surface area (Å²) >= 11 is 0. The Hall–Kier alpha value is -0.940. The van der Waals surface area contributed by atoms with Crippen LogP contribution in [0.1, 0.15) is 142 Å². The lowest BCUT2D eigenvalue weighted by molar-refractivity contribution is -0.121. The van der Waals surface area contributed by atoms with Gasteiger partial charge in [0.05, 0.1) is 0 Å². The van der Waals surface area contributed by atoms with Gasteiger partial charge in [0.15, 0.2) is 0 Å². The summed E-state index contributed by atoms with van der Waals surface area (Å²) < 4.78 is 10.0. The summed E-state index contributed by atoms with van der Waals surface area (Å²) in [6.07, 6.45) is 22.7. The summed E-state index contributed by atoms with van der Waals surface area (Å²) in [6.45, 7) is 7.01. The van der Waals surface area contributed by atoms with Crippen molar-refractivity contribution in [1.29, 1.82) is 0 Å². The van der Waals surface area contributed by atoms with E-state index in [-0.39, 0.29) is 5.91 Å². The molecule has 0 saturated heterocycles. The number of Topliss-reactive ketones (excluding diaryl/α,β-unsaturated/α-hetero) is 1. The SMILES string of the molecule is COCCCCC(=O)CCCCCCC(C)CCCCC(C)CCCCCCC(=O)NCCCOC. The Labute approximate surface area is 224 Å². The van der Waals surface area contributed by atoms with E-state index in [4.69, 9.17) is 9.47 Å². The number of hydrogen-bond donors (Lipinski definition) is 1. The predicted octanol–water partition coefficient (Wildman–Crippen LogP) is 8.04. The quantitative estimate of drug-likeness (QED) is 0.108. The van der Waals surface area contributed by atoms with Crippen molar-refractivity contribution in [2.45, 2.75) is 142 Å². The summed E-state index contributed by atoms with van der Waals surface area (Å²) in [5, 5.41) is 2.96. The highest BCUT2D eigenvalue weighted by atomic mass is 16.5. The first-order valence-electron chi connectivity index (χ1n) is 15.3. The van der Waals surface area contributed by atoms with E-state index in [1.807, 2.05) is 0 Å². The fourth-order valence-electron chi connectivity index (χ4n) is 4.80. The third-order valence-corrected chi connectivity index (χ3v) is 7.30. The van der Waals surface area contributed by atoms with Crippen molar-refractivity contribution in [3.05, 3.63) is 0 Å². The second-order valence-electron chi connectivity index (χ2n) is 11.1. The molecule has 0 bridgehead atoms. The Kier molecular flexibility index (Phi) is 26.4. The van der Waals surface area contributed by atoms with Gasteiger partial charge < -0.3 is 14.8 Å². The van der Waals surface area contributed by atoms with E-state index < -0.39 is 0 Å². The molecule has 1 amide bonds. The maximum atomic E-state index is 11.9. The molecule has 0 fully saturated rings. The molecule has 2 atom stereocenters. The van der Waals surface area contributed by atoms with Gasteiger partial charge in [0.2, 0.25) is 5.91 Å². The molecule has 0 heterocycles. The topological polar surface area (TPSA) is 64.6 Å². The van der Waals surface area contributed by atoms with Crippen LogP contribution in [0.5, 0.6) is 0 Å². The van der Waals surface area contributed by atoms with E-state index in [9.17, 15) is 9.59 Å². The minimum absolute atomic E-state index is 0.185. The molecule has 0 aliphatic rings. The highest BCUT2D eigenvalue weighted by molar-refractivity contribution is 5.78. The molecular formula is C31H61NO4. The van der Waals surface area contributed by atoms with E-state index in [0.717, 1.165) is 69.9 Å². The maximum absolute atomic E-state index is 11.9. The predicted molar refractivity (Wildman–Crippen MR) is 152 cm³/mol. The lowest BCUT2D eigenvalue weighted by atomic mass is 9.93. The molecule has 0 saturated carbocycles. The van der Waals surface area contributed by atoms with Gasteiger partial charge in [-0.15, -0.1) is 0 Å². The van der Waals surface area contributed by atoms with Gasteiger partial charge in [0.25, 0.3) is 0 Å². The number of methoxy groups -OCH3 is 2. The van der Waals surface area contributed by atoms with Crippen LogP contribution in [0.2, 0.25) is 0 Å². The van der Waals surface area contributed by atoms with Crippen LogP contribution < -0.4 is 5.32 Å². The van der Waals surface area contributed by atoms with Crippen molar-refractivity contribution in [2.24, 2.45) is 11.8 Å². The van der Waals surface area contributed by atoms with Gasteiger partial charge in [-0.3, -0.25) is 9.59 Å². The third-order valence-electron chi connectivity index (χ3n) is 7.30. The van der Waals surface area contributed by atoms with E-state index in [2.05, 4.69) is 19.2 Å². The molecular weight excluding hydrogens is 450 g/mol. The molecule has 214 valence electrons. The largest absolute Gasteiger partial charge is 0.385 e. The Morgan fingerprint density at radius 3 is 1.50 bits per heavy atom. The Bertz CT molecular complexity index is 453. The summed E-state index contributed by atoms with van der Waals surface area (Å²) in [5.41, 5.74) is 0. The average Bonchev–Trinajstić information content (AvgIpc) is 2.86. The van der Waals surface area contributed by atoms with Crippen LogP contribution >= 0.6 is 0 Å². The zero-order valence-corrected chi connectivity index (χ0v) is 24.6. The lowest BCUT2D eigenvalue weighted by Gasteiger charge is -2.13. The van der Waals surface area contributed by atoms with Crippen molar-refractivity contribution in [3.63, 3.8) is 0 Å². The summed E-state index contributed by atoms with van der Waals surface area (Å²) in [4.78, 5) is 23.6. The van der Waals surface area contributed by atoms with Gasteiger partial charge in [-0.2, -0.15) is 0 Å². The molecule has 0 aliphatic carbocycles. The van der Waals surface area contributed by atoms with Crippen LogP contribution in [0.25, 0.3) is 0 Å². The van der Waals surface area contributed by atoms with Crippen LogP contribution in [0.3, 0.4) is 0 Å². The van der Waals surface area contributed by atoms with Crippen LogP contribution in [0.4, 0.5) is 0 Å². The highest BCUT2D eigenvalue weighted by Crippen LogP contribution is 2.21. The monoisotopic (exact) mass is 511 g/mol. The van der Waals surface area contributed by atoms with Gasteiger partial charge >= 0.3 is 0 Å². The number of carbonyl (C=O) groups excluding carboxylic acids is 2. The fraction of sp³-hybridized carbons (Fsp3) is 0.935. The molecule has 5 nitrogen and oxygen atoms in total. The van der Waals surface area contributed by atoms with Crippen molar-refractivity contribution >= 4 is 11.7 Å². The van der Waals surface area contributed by atoms with Gasteiger partial charge in [0, 0.05) is 53.2 Å². The van der Waals surface area contributed by atoms with Gasteiger partial charge in [-0.1, -0.05) is 90.9 Å². The molecule has 0 radical (unpaired) electrons. The first-order valence-corrected chi connectivity index (χ1v) is 15.3. The number of hydrogen-bond acceptors (Lipinski definition) is 4. The van der Waals surface area contributed by atoms with Gasteiger partial charge in [-0.05, 0) is 43.9 Å². The van der Waals surface area contributed by atoms with Gasteiger partial charge in [0.1, 0.15) is 5.78 Å². The number of carbonyl (C=O) groups is 2. The molecule has 0 spiro atoms. The Morgan fingerprint density at radius 1 is 0.556 bits per heavy atom. The first kappa shape index (κ1) is 35.1. The Morgan fingerprint density at radius 2 is 0.972 bits per heavy atom. The number of amides is 1. The van der Waals surface area contributed by atoms with E-state index in [1.54, 1.807) is 14.2 Å². The molecule has 1 N–H and O–H groups in total. The van der Waals surface area contributed by atoms with Crippen LogP contribution in [0.15, 0.2) is 0 Å². The van der Waals surface area contributed by atoms with E-state index in [0.29, 0.717) is 18.8 Å². The number of rotatable bonds is 28. The molecule has 0 aromatic heterocycles. The zero-order chi connectivity index (χ0) is 26.7. The first-order chi connectivity index (χ1) is 17.5. The van der Waals surface area contributed by atoms with E-state index in [1.165, 1.54) is 77.0 Å². The van der Waals surface area contributed by atoms with Gasteiger partial charge in [-0.25, -0.2) is 0 Å². The number of unbranched alkanes of at least 4 members (excludes halogenated alkanes) is 8. The number of ether oxygens (including phenoxy) is 2. The number of ketones is 1. The van der Waals surface area contributed by atoms with Crippen LogP contribution in [0, 0.1) is 11.8 Å². The highest BCUT2D eigenvalue weighted by Gasteiger charge is 2.07. The fourth-order valence-corrected chi connectivity index (χ4v) is 4.80. The average molecular weight is 512 g/mol. The zero-order valence-electron chi connectivity index (χ0n) is 24.6. The molecule has 0 aromatic carbocycles. The van der Waals surface area contributed by atoms with Crippen molar-refractivity contribution in [1.82, 2.24) is 5.32 Å². The second-order valence-corrected chi connectivity index (χ2v) is 11.1. The molecule has 0 rings (SSSR count). The minimum Gasteiger partial charge on any atom is -0.385 e. The van der Waals surface area contributed by atoms with Crippen molar-refractivity contribution < 1.29 is 19.1 Å². The second kappa shape index (κ2) is 27.1. The standard InChI is InChI=1S/C31H61NO4/c1-28(18-9-5-7-11-22-30(33)23-15-16-26-35-3)20-13-14-21-29(2)19-10-6-8-12-24-31(34)32-25-17-27-36-4/h28-29H,5-27H2,1-4H3,(H,32,34). The van der Waals surface area contributed by atoms with E-state index >= 15 is 0 Å². The van der Waals surface area contributed by atoms with Crippen molar-refractivity contribution in [2.75, 3.05) is 34.0 Å². The smallest absolute Gasteiger partial charge is 0.219 e. The third kappa shape index (κ3) is 26.1. The van der Waals surface area contributed by atoms with Crippen LogP contribution in [-0.4, -0.2) is 45.7 Å². The molecule has 0 aliphatic heterocycles. The number of nitrogens with one attached hydrogen (secondary N) is 1. The summed E-state index contributed by atoms with van der Waals surface area (Å²) in [7, 11) is 3.41. The molecule has 2 unspecified atom stereocenters. The normalized spacial score (nSPS) is 13.0.